The van der Waals surface area contributed by atoms with Gasteiger partial charge in [0.1, 0.15) is 0 Å². The van der Waals surface area contributed by atoms with Gasteiger partial charge < -0.3 is 4.90 Å². The van der Waals surface area contributed by atoms with Crippen molar-refractivity contribution >= 4 is 39.9 Å². The van der Waals surface area contributed by atoms with Crippen molar-refractivity contribution in [2.24, 2.45) is 4.99 Å². The van der Waals surface area contributed by atoms with Crippen molar-refractivity contribution in [1.29, 1.82) is 0 Å². The quantitative estimate of drug-likeness (QED) is 0.432. The van der Waals surface area contributed by atoms with Crippen LogP contribution in [0, 0.1) is 0 Å². The fraction of sp³-hybridized carbons (Fsp3) is 0.115. The van der Waals surface area contributed by atoms with Crippen LogP contribution in [-0.4, -0.2) is 10.1 Å². The van der Waals surface area contributed by atoms with E-state index in [2.05, 4.69) is 77.0 Å². The molecule has 0 saturated heterocycles. The van der Waals surface area contributed by atoms with E-state index >= 15 is 0 Å². The van der Waals surface area contributed by atoms with E-state index in [0.29, 0.717) is 0 Å². The molecular weight excluding hydrogens is 408 g/mol. The third kappa shape index (κ3) is 2.84. The first kappa shape index (κ1) is 18.1. The van der Waals surface area contributed by atoms with Gasteiger partial charge in [-0.15, -0.1) is 0 Å². The molecule has 0 spiro atoms. The molecule has 2 nitrogen and oxygen atoms in total. The standard InChI is InChI=1S/C26H19ClN2S/c27-20-13-10-18(11-14-20)23-16-30-26-28-24-21-9-5-4-6-17(21)12-15-22(24)25(29(23)26)19-7-2-1-3-8-19/h1-11,13-14,16,25H,12,15H2. The second-order valence-electron chi connectivity index (χ2n) is 7.74. The molecular formula is C26H19ClN2S. The summed E-state index contributed by atoms with van der Waals surface area (Å²) in [5, 5.41) is 4.03. The van der Waals surface area contributed by atoms with Crippen LogP contribution in [-0.2, 0) is 6.42 Å². The number of nitrogens with zero attached hydrogens (tertiary/aromatic N) is 2. The molecule has 0 aromatic heterocycles. The summed E-state index contributed by atoms with van der Waals surface area (Å²) >= 11 is 7.86. The van der Waals surface area contributed by atoms with Crippen LogP contribution in [0.5, 0.6) is 0 Å². The highest BCUT2D eigenvalue weighted by molar-refractivity contribution is 8.16. The molecule has 0 N–H and O–H groups in total. The number of amidine groups is 1. The number of benzene rings is 3. The topological polar surface area (TPSA) is 15.6 Å². The summed E-state index contributed by atoms with van der Waals surface area (Å²) in [6.45, 7) is 0. The first-order valence-corrected chi connectivity index (χ1v) is 11.4. The molecule has 0 saturated carbocycles. The molecule has 3 aromatic carbocycles. The lowest BCUT2D eigenvalue weighted by atomic mass is 9.82. The average molecular weight is 427 g/mol. The van der Waals surface area contributed by atoms with Crippen LogP contribution in [0.25, 0.3) is 11.4 Å². The molecule has 0 bridgehead atoms. The molecule has 3 aliphatic rings. The van der Waals surface area contributed by atoms with E-state index in [4.69, 9.17) is 16.6 Å². The van der Waals surface area contributed by atoms with Crippen LogP contribution in [0.3, 0.4) is 0 Å². The van der Waals surface area contributed by atoms with Crippen molar-refractivity contribution in [2.75, 3.05) is 0 Å². The maximum Gasteiger partial charge on any atom is 0.174 e. The van der Waals surface area contributed by atoms with Gasteiger partial charge in [-0.05, 0) is 47.2 Å². The maximum absolute atomic E-state index is 6.15. The predicted molar refractivity (Wildman–Crippen MR) is 127 cm³/mol. The number of aryl methyl sites for hydroxylation is 1. The minimum absolute atomic E-state index is 0.152. The Morgan fingerprint density at radius 3 is 2.47 bits per heavy atom. The first-order chi connectivity index (χ1) is 14.8. The summed E-state index contributed by atoms with van der Waals surface area (Å²) in [5.41, 5.74) is 8.91. The second kappa shape index (κ2) is 7.19. The summed E-state index contributed by atoms with van der Waals surface area (Å²) in [6, 6.07) is 27.8. The van der Waals surface area contributed by atoms with Crippen LogP contribution in [0.1, 0.15) is 34.7 Å². The van der Waals surface area contributed by atoms with Crippen molar-refractivity contribution in [1.82, 2.24) is 4.90 Å². The number of halogens is 1. The molecule has 146 valence electrons. The average Bonchev–Trinajstić information content (AvgIpc) is 3.22. The van der Waals surface area contributed by atoms with Crippen molar-refractivity contribution < 1.29 is 0 Å². The van der Waals surface area contributed by atoms with Crippen molar-refractivity contribution in [3.63, 3.8) is 0 Å². The molecule has 1 aliphatic carbocycles. The normalized spacial score (nSPS) is 19.6. The van der Waals surface area contributed by atoms with Gasteiger partial charge in [0.15, 0.2) is 5.17 Å². The maximum atomic E-state index is 6.15. The number of fused-ring (bicyclic) bond motifs is 3. The molecule has 2 aliphatic heterocycles. The van der Waals surface area contributed by atoms with E-state index in [1.54, 1.807) is 11.8 Å². The van der Waals surface area contributed by atoms with Crippen molar-refractivity contribution in [3.8, 4) is 0 Å². The van der Waals surface area contributed by atoms with Gasteiger partial charge in [-0.3, -0.25) is 0 Å². The van der Waals surface area contributed by atoms with Gasteiger partial charge in [0, 0.05) is 16.0 Å². The van der Waals surface area contributed by atoms with E-state index in [1.807, 2.05) is 12.1 Å². The predicted octanol–water partition coefficient (Wildman–Crippen LogP) is 7.16. The van der Waals surface area contributed by atoms with Gasteiger partial charge in [-0.25, -0.2) is 4.99 Å². The highest BCUT2D eigenvalue weighted by atomic mass is 35.5. The van der Waals surface area contributed by atoms with E-state index in [1.165, 1.54) is 33.5 Å². The lowest BCUT2D eigenvalue weighted by Gasteiger charge is -2.39. The van der Waals surface area contributed by atoms with E-state index < -0.39 is 0 Å². The zero-order valence-corrected chi connectivity index (χ0v) is 17.8. The van der Waals surface area contributed by atoms with Crippen molar-refractivity contribution in [3.05, 3.63) is 117 Å². The van der Waals surface area contributed by atoms with E-state index in [0.717, 1.165) is 28.7 Å². The molecule has 1 atom stereocenters. The van der Waals surface area contributed by atoms with Gasteiger partial charge in [0.2, 0.25) is 0 Å². The summed E-state index contributed by atoms with van der Waals surface area (Å²) in [5.74, 6) is 0. The Kier molecular flexibility index (Phi) is 4.33. The minimum Gasteiger partial charge on any atom is -0.308 e. The molecule has 4 heteroatoms. The number of rotatable bonds is 2. The van der Waals surface area contributed by atoms with Crippen LogP contribution in [0.4, 0.5) is 0 Å². The Labute approximate surface area is 185 Å². The van der Waals surface area contributed by atoms with Gasteiger partial charge in [0.05, 0.1) is 17.4 Å². The lowest BCUT2D eigenvalue weighted by Crippen LogP contribution is -2.34. The van der Waals surface area contributed by atoms with E-state index in [9.17, 15) is 0 Å². The summed E-state index contributed by atoms with van der Waals surface area (Å²) < 4.78 is 0. The Morgan fingerprint density at radius 2 is 1.63 bits per heavy atom. The van der Waals surface area contributed by atoms with Gasteiger partial charge in [0.25, 0.3) is 0 Å². The number of thioether (sulfide) groups is 1. The molecule has 3 aromatic rings. The summed E-state index contributed by atoms with van der Waals surface area (Å²) in [4.78, 5) is 7.60. The van der Waals surface area contributed by atoms with Gasteiger partial charge in [-0.1, -0.05) is 90.1 Å². The zero-order valence-electron chi connectivity index (χ0n) is 16.3. The smallest absolute Gasteiger partial charge is 0.174 e. The monoisotopic (exact) mass is 426 g/mol. The van der Waals surface area contributed by atoms with Crippen LogP contribution < -0.4 is 0 Å². The molecule has 0 fully saturated rings. The molecule has 30 heavy (non-hydrogen) atoms. The first-order valence-electron chi connectivity index (χ1n) is 10.2. The minimum atomic E-state index is 0.152. The molecule has 0 radical (unpaired) electrons. The molecule has 6 rings (SSSR count). The largest absolute Gasteiger partial charge is 0.308 e. The Morgan fingerprint density at radius 1 is 0.867 bits per heavy atom. The molecule has 0 amide bonds. The fourth-order valence-electron chi connectivity index (χ4n) is 4.65. The zero-order chi connectivity index (χ0) is 20.1. The second-order valence-corrected chi connectivity index (χ2v) is 9.01. The number of hydrogen-bond acceptors (Lipinski definition) is 3. The van der Waals surface area contributed by atoms with Crippen LogP contribution in [0.2, 0.25) is 5.02 Å². The summed E-state index contributed by atoms with van der Waals surface area (Å²) in [7, 11) is 0. The highest BCUT2D eigenvalue weighted by Gasteiger charge is 2.40. The van der Waals surface area contributed by atoms with Crippen LogP contribution >= 0.6 is 23.4 Å². The fourth-order valence-corrected chi connectivity index (χ4v) is 5.70. The lowest BCUT2D eigenvalue weighted by molar-refractivity contribution is 0.473. The highest BCUT2D eigenvalue weighted by Crippen LogP contribution is 2.51. The SMILES string of the molecule is Clc1ccc(C2=CSC3=NC4=C(CCc5ccccc54)C(c4ccccc4)N23)cc1. The van der Waals surface area contributed by atoms with Gasteiger partial charge >= 0.3 is 0 Å². The van der Waals surface area contributed by atoms with Crippen LogP contribution in [0.15, 0.2) is 94.8 Å². The molecule has 2 heterocycles. The molecule has 1 unspecified atom stereocenters. The third-order valence-corrected chi connectivity index (χ3v) is 7.12. The Bertz CT molecular complexity index is 1230. The Hall–Kier alpha value is -2.75. The van der Waals surface area contributed by atoms with Gasteiger partial charge in [-0.2, -0.15) is 0 Å². The van der Waals surface area contributed by atoms with E-state index in [-0.39, 0.29) is 6.04 Å². The summed E-state index contributed by atoms with van der Waals surface area (Å²) in [6.07, 6.45) is 2.09. The van der Waals surface area contributed by atoms with Crippen molar-refractivity contribution in [2.45, 2.75) is 18.9 Å². The third-order valence-electron chi connectivity index (χ3n) is 6.03. The number of hydrogen-bond donors (Lipinski definition) is 0. The number of aliphatic imine (C=N–C) groups is 1. The Balaban J connectivity index is 1.53.